The number of amidine groups is 1. The largest absolute Gasteiger partial charge is 0.369 e. The Labute approximate surface area is 207 Å². The number of nitrogens with zero attached hydrogens (tertiary/aromatic N) is 3. The van der Waals surface area contributed by atoms with Crippen LogP contribution in [0.15, 0.2) is 53.6 Å². The van der Waals surface area contributed by atoms with Gasteiger partial charge in [0.05, 0.1) is 5.69 Å². The maximum atomic E-state index is 14.8. The third-order valence-corrected chi connectivity index (χ3v) is 6.28. The number of rotatable bonds is 15. The van der Waals surface area contributed by atoms with Gasteiger partial charge in [-0.3, -0.25) is 4.79 Å². The molecule has 8 heteroatoms. The third-order valence-electron chi connectivity index (χ3n) is 6.28. The molecule has 0 radical (unpaired) electrons. The molecule has 1 atom stereocenters. The molecule has 190 valence electrons. The van der Waals surface area contributed by atoms with Crippen molar-refractivity contribution in [2.75, 3.05) is 11.6 Å². The molecular formula is C27H37F2N5O. The highest BCUT2D eigenvalue weighted by atomic mass is 19.1. The van der Waals surface area contributed by atoms with Crippen molar-refractivity contribution >= 4 is 17.4 Å². The van der Waals surface area contributed by atoms with Crippen molar-refractivity contribution in [3.05, 3.63) is 65.7 Å². The molecule has 0 fully saturated rings. The van der Waals surface area contributed by atoms with Gasteiger partial charge in [0, 0.05) is 12.6 Å². The van der Waals surface area contributed by atoms with Gasteiger partial charge in [-0.25, -0.2) is 19.3 Å². The van der Waals surface area contributed by atoms with Crippen LogP contribution in [0, 0.1) is 11.6 Å². The number of nitrogens with two attached hydrogens (primary N) is 1. The van der Waals surface area contributed by atoms with Crippen LogP contribution in [0.2, 0.25) is 0 Å². The molecule has 0 saturated carbocycles. The van der Waals surface area contributed by atoms with Crippen molar-refractivity contribution in [3.8, 4) is 0 Å². The minimum Gasteiger partial charge on any atom is -0.369 e. The molecule has 1 heterocycles. The number of benzene rings is 2. The van der Waals surface area contributed by atoms with Gasteiger partial charge in [0.2, 0.25) is 5.91 Å². The second-order valence-corrected chi connectivity index (χ2v) is 9.03. The first kappa shape index (κ1) is 26.6. The Balaban J connectivity index is 1.65. The lowest BCUT2D eigenvalue weighted by molar-refractivity contribution is -0.118. The van der Waals surface area contributed by atoms with E-state index in [9.17, 15) is 13.6 Å². The number of amides is 1. The van der Waals surface area contributed by atoms with Gasteiger partial charge in [-0.05, 0) is 24.1 Å². The molecule has 2 aromatic rings. The molecular weight excluding hydrogens is 448 g/mol. The van der Waals surface area contributed by atoms with Gasteiger partial charge in [-0.2, -0.15) is 0 Å². The fourth-order valence-electron chi connectivity index (χ4n) is 4.40. The molecule has 0 saturated heterocycles. The summed E-state index contributed by atoms with van der Waals surface area (Å²) in [7, 11) is 0. The van der Waals surface area contributed by atoms with E-state index in [2.05, 4.69) is 17.6 Å². The zero-order valence-electron chi connectivity index (χ0n) is 20.6. The van der Waals surface area contributed by atoms with Gasteiger partial charge in [0.1, 0.15) is 11.7 Å². The lowest BCUT2D eigenvalue weighted by atomic mass is 9.96. The van der Waals surface area contributed by atoms with E-state index in [0.717, 1.165) is 25.3 Å². The van der Waals surface area contributed by atoms with E-state index >= 15 is 0 Å². The summed E-state index contributed by atoms with van der Waals surface area (Å²) in [6.45, 7) is 2.77. The number of nitrogens with one attached hydrogen (secondary N) is 1. The number of halogens is 2. The molecule has 3 N–H and O–H groups in total. The van der Waals surface area contributed by atoms with E-state index in [1.807, 2.05) is 6.07 Å². The smallest absolute Gasteiger partial charge is 0.232 e. The van der Waals surface area contributed by atoms with E-state index in [1.54, 1.807) is 29.4 Å². The van der Waals surface area contributed by atoms with Crippen molar-refractivity contribution in [1.82, 2.24) is 10.7 Å². The Morgan fingerprint density at radius 3 is 2.17 bits per heavy atom. The van der Waals surface area contributed by atoms with E-state index in [1.165, 1.54) is 62.1 Å². The zero-order chi connectivity index (χ0) is 25.0. The minimum absolute atomic E-state index is 0.101. The van der Waals surface area contributed by atoms with Gasteiger partial charge in [0.15, 0.2) is 11.7 Å². The van der Waals surface area contributed by atoms with Crippen LogP contribution < -0.4 is 16.3 Å². The average Bonchev–Trinajstić information content (AvgIpc) is 3.24. The summed E-state index contributed by atoms with van der Waals surface area (Å²) in [6.07, 6.45) is 12.0. The van der Waals surface area contributed by atoms with Gasteiger partial charge < -0.3 is 5.73 Å². The Hall–Kier alpha value is -3.00. The van der Waals surface area contributed by atoms with E-state index in [0.29, 0.717) is 12.1 Å². The molecule has 0 aromatic heterocycles. The van der Waals surface area contributed by atoms with E-state index in [-0.39, 0.29) is 11.5 Å². The van der Waals surface area contributed by atoms with E-state index in [4.69, 9.17) is 5.73 Å². The standard InChI is InChI=1S/C27H37F2N5O/c1-2-3-4-5-6-7-8-9-10-14-19-33-32-31-27(25(26(30)35)21-15-12-11-13-16-21)34(33)24-18-17-22(28)20-23(24)29/h11-13,15-18,20,25,32H,2-10,14,19H2,1H3,(H2,30,35). The summed E-state index contributed by atoms with van der Waals surface area (Å²) in [6, 6.07) is 12.4. The van der Waals surface area contributed by atoms with Crippen molar-refractivity contribution < 1.29 is 13.6 Å². The molecule has 1 aliphatic heterocycles. The van der Waals surface area contributed by atoms with Crippen molar-refractivity contribution in [2.24, 2.45) is 10.8 Å². The number of hydrogen-bond donors (Lipinski definition) is 2. The van der Waals surface area contributed by atoms with Gasteiger partial charge in [-0.1, -0.05) is 95.0 Å². The van der Waals surface area contributed by atoms with Crippen LogP contribution >= 0.6 is 0 Å². The summed E-state index contributed by atoms with van der Waals surface area (Å²) in [4.78, 5) is 12.5. The van der Waals surface area contributed by atoms with Crippen molar-refractivity contribution in [1.29, 1.82) is 0 Å². The first-order valence-corrected chi connectivity index (χ1v) is 12.7. The molecule has 3 rings (SSSR count). The number of primary amides is 1. The molecule has 1 aliphatic rings. The zero-order valence-corrected chi connectivity index (χ0v) is 20.6. The summed E-state index contributed by atoms with van der Waals surface area (Å²) in [5.41, 5.74) is 9.42. The van der Waals surface area contributed by atoms with Crippen LogP contribution in [0.25, 0.3) is 0 Å². The van der Waals surface area contributed by atoms with Gasteiger partial charge in [0.25, 0.3) is 0 Å². The molecule has 0 aliphatic carbocycles. The Morgan fingerprint density at radius 2 is 1.57 bits per heavy atom. The Kier molecular flexibility index (Phi) is 10.5. The predicted molar refractivity (Wildman–Crippen MR) is 136 cm³/mol. The first-order chi connectivity index (χ1) is 17.0. The predicted octanol–water partition coefficient (Wildman–Crippen LogP) is 6.01. The summed E-state index contributed by atoms with van der Waals surface area (Å²) >= 11 is 0. The SMILES string of the molecule is CCCCCCCCCCCCN1NN=C(C(C(N)=O)c2ccccc2)N1c1ccc(F)cc1F. The lowest BCUT2D eigenvalue weighted by Gasteiger charge is -2.31. The Bertz CT molecular complexity index is 969. The highest BCUT2D eigenvalue weighted by molar-refractivity contribution is 6.14. The summed E-state index contributed by atoms with van der Waals surface area (Å²) < 4.78 is 28.5. The number of carbonyl (C=O) groups is 1. The quantitative estimate of drug-likeness (QED) is 0.303. The van der Waals surface area contributed by atoms with Crippen LogP contribution in [0.1, 0.15) is 82.6 Å². The summed E-state index contributed by atoms with van der Waals surface area (Å²) in [5.74, 6) is -2.67. The normalized spacial score (nSPS) is 14.6. The molecule has 2 aromatic carbocycles. The molecule has 0 spiro atoms. The Morgan fingerprint density at radius 1 is 0.943 bits per heavy atom. The number of hydrazine groups is 2. The maximum Gasteiger partial charge on any atom is 0.232 e. The van der Waals surface area contributed by atoms with Gasteiger partial charge in [-0.15, -0.1) is 10.2 Å². The van der Waals surface area contributed by atoms with Gasteiger partial charge >= 0.3 is 0 Å². The van der Waals surface area contributed by atoms with E-state index < -0.39 is 23.5 Å². The highest BCUT2D eigenvalue weighted by Crippen LogP contribution is 2.30. The minimum atomic E-state index is -0.897. The molecule has 1 amide bonds. The highest BCUT2D eigenvalue weighted by Gasteiger charge is 2.37. The number of carbonyl (C=O) groups excluding carboxylic acids is 1. The van der Waals surface area contributed by atoms with Crippen LogP contribution in [0.5, 0.6) is 0 Å². The third kappa shape index (κ3) is 7.49. The number of hydrazone groups is 1. The van der Waals surface area contributed by atoms with Crippen molar-refractivity contribution in [2.45, 2.75) is 77.0 Å². The van der Waals surface area contributed by atoms with Crippen LogP contribution in [-0.2, 0) is 4.79 Å². The number of anilines is 1. The number of unbranched alkanes of at least 4 members (excludes halogenated alkanes) is 9. The second kappa shape index (κ2) is 13.8. The summed E-state index contributed by atoms with van der Waals surface area (Å²) in [5, 5.41) is 7.52. The molecule has 1 unspecified atom stereocenters. The fraction of sp³-hybridized carbons (Fsp3) is 0.481. The lowest BCUT2D eigenvalue weighted by Crippen LogP contribution is -2.49. The second-order valence-electron chi connectivity index (χ2n) is 9.03. The van der Waals surface area contributed by atoms with Crippen LogP contribution in [-0.4, -0.2) is 23.4 Å². The molecule has 6 nitrogen and oxygen atoms in total. The number of hydrogen-bond acceptors (Lipinski definition) is 5. The fourth-order valence-corrected chi connectivity index (χ4v) is 4.40. The topological polar surface area (TPSA) is 74.0 Å². The molecule has 0 bridgehead atoms. The van der Waals surface area contributed by atoms with Crippen LogP contribution in [0.3, 0.4) is 0 Å². The maximum absolute atomic E-state index is 14.8. The van der Waals surface area contributed by atoms with Crippen LogP contribution in [0.4, 0.5) is 14.5 Å². The first-order valence-electron chi connectivity index (χ1n) is 12.7. The van der Waals surface area contributed by atoms with Crippen molar-refractivity contribution in [3.63, 3.8) is 0 Å². The monoisotopic (exact) mass is 485 g/mol. The average molecular weight is 486 g/mol. The molecule has 35 heavy (non-hydrogen) atoms.